The Hall–Kier alpha value is -0.870. The number of hydrogen-bond donors (Lipinski definition) is 2. The molecule has 0 aliphatic carbocycles. The first-order valence-electron chi connectivity index (χ1n) is 3.81. The lowest BCUT2D eigenvalue weighted by Crippen LogP contribution is -2.80. The number of nitrogens with one attached hydrogen (secondary N) is 1. The number of quaternary nitrogens is 1. The highest BCUT2D eigenvalue weighted by Gasteiger charge is 2.03. The molecule has 2 rings (SSSR count). The maximum absolute atomic E-state index is 4.16. The fraction of sp³-hybridized carbons (Fsp3) is 0.250. The Labute approximate surface area is 75.9 Å². The summed E-state index contributed by atoms with van der Waals surface area (Å²) in [6.45, 7) is 0. The number of rotatable bonds is 2. The second-order valence-corrected chi connectivity index (χ2v) is 3.55. The van der Waals surface area contributed by atoms with Crippen LogP contribution in [0.2, 0.25) is 0 Å². The standard InChI is InChI=1S/C8H11N3S/c1-12-5-6-2-3-7-8(4-6)10-11-9-7/h2-4,10H,5,11H2,1H3. The molecule has 0 atom stereocenters. The highest BCUT2D eigenvalue weighted by molar-refractivity contribution is 7.97. The molecule has 64 valence electrons. The zero-order chi connectivity index (χ0) is 8.39. The summed E-state index contributed by atoms with van der Waals surface area (Å²) in [5.41, 5.74) is 12.5. The molecule has 3 nitrogen and oxygen atoms in total. The van der Waals surface area contributed by atoms with Crippen LogP contribution < -0.4 is 11.0 Å². The summed E-state index contributed by atoms with van der Waals surface area (Å²) in [4.78, 5) is 0. The van der Waals surface area contributed by atoms with Gasteiger partial charge >= 0.3 is 0 Å². The van der Waals surface area contributed by atoms with Crippen molar-refractivity contribution in [3.8, 4) is 0 Å². The number of nitrogens with zero attached hydrogens (tertiary/aromatic N) is 1. The van der Waals surface area contributed by atoms with Gasteiger partial charge in [0.25, 0.3) is 0 Å². The summed E-state index contributed by atoms with van der Waals surface area (Å²) in [7, 11) is 0. The molecule has 1 aromatic rings. The molecule has 0 amide bonds. The molecule has 0 spiro atoms. The predicted octanol–water partition coefficient (Wildman–Crippen LogP) is 1.37. The number of fused-ring (bicyclic) bond motifs is 1. The molecular weight excluding hydrogens is 170 g/mol. The van der Waals surface area contributed by atoms with E-state index >= 15 is 0 Å². The summed E-state index contributed by atoms with van der Waals surface area (Å²) < 4.78 is 0. The van der Waals surface area contributed by atoms with Crippen LogP contribution in [0.5, 0.6) is 0 Å². The van der Waals surface area contributed by atoms with Crippen molar-refractivity contribution in [3.05, 3.63) is 29.2 Å². The molecule has 1 heterocycles. The van der Waals surface area contributed by atoms with Gasteiger partial charge in [0.2, 0.25) is 0 Å². The fourth-order valence-electron chi connectivity index (χ4n) is 1.24. The van der Waals surface area contributed by atoms with E-state index in [4.69, 9.17) is 0 Å². The van der Waals surface area contributed by atoms with Crippen LogP contribution in [0.3, 0.4) is 0 Å². The minimum atomic E-state index is 1.04. The van der Waals surface area contributed by atoms with E-state index in [9.17, 15) is 0 Å². The molecule has 0 bridgehead atoms. The van der Waals surface area contributed by atoms with Gasteiger partial charge in [-0.3, -0.25) is 5.53 Å². The third kappa shape index (κ3) is 1.35. The highest BCUT2D eigenvalue weighted by Crippen LogP contribution is 2.29. The minimum absolute atomic E-state index is 1.04. The van der Waals surface area contributed by atoms with Crippen LogP contribution in [0.25, 0.3) is 5.43 Å². The van der Waals surface area contributed by atoms with Crippen molar-refractivity contribution < 1.29 is 5.53 Å². The van der Waals surface area contributed by atoms with Crippen molar-refractivity contribution in [2.45, 2.75) is 5.75 Å². The topological polar surface area (TPSA) is 42.7 Å². The van der Waals surface area contributed by atoms with Crippen molar-refractivity contribution in [2.24, 2.45) is 0 Å². The molecule has 0 saturated heterocycles. The normalized spacial score (nSPS) is 13.4. The van der Waals surface area contributed by atoms with Gasteiger partial charge in [-0.2, -0.15) is 11.8 Å². The van der Waals surface area contributed by atoms with Gasteiger partial charge in [-0.25, -0.2) is 5.43 Å². The van der Waals surface area contributed by atoms with Gasteiger partial charge in [0.1, 0.15) is 0 Å². The lowest BCUT2D eigenvalue weighted by molar-refractivity contribution is -0.564. The lowest BCUT2D eigenvalue weighted by atomic mass is 10.2. The summed E-state index contributed by atoms with van der Waals surface area (Å²) >= 11 is 1.83. The largest absolute Gasteiger partial charge is 0.462 e. The van der Waals surface area contributed by atoms with Crippen molar-refractivity contribution in [2.75, 3.05) is 11.7 Å². The molecule has 4 heteroatoms. The average Bonchev–Trinajstić information content (AvgIpc) is 2.51. The molecule has 0 aromatic heterocycles. The summed E-state index contributed by atoms with van der Waals surface area (Å²) in [5.74, 6) is 1.06. The third-order valence-electron chi connectivity index (χ3n) is 1.80. The Bertz CT molecular complexity index is 288. The number of nitrogen functional groups attached to an aromatic ring is 1. The summed E-state index contributed by atoms with van der Waals surface area (Å²) in [6.07, 6.45) is 2.11. The van der Waals surface area contributed by atoms with Crippen molar-refractivity contribution >= 4 is 23.1 Å². The van der Waals surface area contributed by atoms with Gasteiger partial charge in [-0.1, -0.05) is 17.8 Å². The van der Waals surface area contributed by atoms with Crippen molar-refractivity contribution in [3.63, 3.8) is 0 Å². The number of anilines is 1. The second kappa shape index (κ2) is 3.25. The van der Waals surface area contributed by atoms with E-state index in [0.717, 1.165) is 17.1 Å². The molecule has 1 aliphatic rings. The average molecular weight is 181 g/mol. The van der Waals surface area contributed by atoms with Crippen LogP contribution in [0.15, 0.2) is 18.2 Å². The zero-order valence-electron chi connectivity index (χ0n) is 6.87. The van der Waals surface area contributed by atoms with Crippen LogP contribution >= 0.6 is 11.8 Å². The first-order valence-corrected chi connectivity index (χ1v) is 5.20. The summed E-state index contributed by atoms with van der Waals surface area (Å²) in [6, 6.07) is 6.33. The highest BCUT2D eigenvalue weighted by atomic mass is 32.2. The van der Waals surface area contributed by atoms with Crippen LogP contribution in [0.1, 0.15) is 5.56 Å². The van der Waals surface area contributed by atoms with Gasteiger partial charge in [-0.15, -0.1) is 0 Å². The molecule has 1 aromatic carbocycles. The van der Waals surface area contributed by atoms with Crippen molar-refractivity contribution in [1.29, 1.82) is 0 Å². The number of benzene rings is 1. The Morgan fingerprint density at radius 2 is 2.50 bits per heavy atom. The van der Waals surface area contributed by atoms with Gasteiger partial charge in [0.05, 0.1) is 5.69 Å². The van der Waals surface area contributed by atoms with Crippen LogP contribution in [-0.4, -0.2) is 6.26 Å². The molecular formula is C8H11N3S. The van der Waals surface area contributed by atoms with E-state index < -0.39 is 0 Å². The lowest BCUT2D eigenvalue weighted by Gasteiger charge is -2.04. The smallest absolute Gasteiger partial charge is 0.0738 e. The van der Waals surface area contributed by atoms with Crippen LogP contribution in [-0.2, 0) is 5.75 Å². The molecule has 0 fully saturated rings. The van der Waals surface area contributed by atoms with E-state index in [1.807, 2.05) is 11.8 Å². The van der Waals surface area contributed by atoms with Gasteiger partial charge in [-0.05, 0) is 17.9 Å². The Kier molecular flexibility index (Phi) is 2.10. The van der Waals surface area contributed by atoms with Gasteiger partial charge < -0.3 is 5.43 Å². The summed E-state index contributed by atoms with van der Waals surface area (Å²) in [5, 5.41) is 0. The maximum Gasteiger partial charge on any atom is 0.0738 e. The molecule has 12 heavy (non-hydrogen) atoms. The Morgan fingerprint density at radius 3 is 3.33 bits per heavy atom. The fourth-order valence-corrected chi connectivity index (χ4v) is 1.75. The molecule has 3 N–H and O–H groups in total. The maximum atomic E-state index is 4.16. The van der Waals surface area contributed by atoms with E-state index in [0.29, 0.717) is 0 Å². The number of nitrogens with two attached hydrogens (primary N) is 1. The van der Waals surface area contributed by atoms with Gasteiger partial charge in [0.15, 0.2) is 0 Å². The molecule has 1 aliphatic heterocycles. The first kappa shape index (κ1) is 7.76. The SMILES string of the molecule is CSCc1ccc2c(c1)N[NH2+][N-]2. The van der Waals surface area contributed by atoms with Crippen LogP contribution in [0.4, 0.5) is 11.4 Å². The third-order valence-corrected chi connectivity index (χ3v) is 2.42. The van der Waals surface area contributed by atoms with E-state index in [1.165, 1.54) is 5.56 Å². The molecule has 0 radical (unpaired) electrons. The molecule has 0 unspecified atom stereocenters. The molecule has 0 saturated carbocycles. The van der Waals surface area contributed by atoms with E-state index in [1.54, 1.807) is 5.53 Å². The van der Waals surface area contributed by atoms with Gasteiger partial charge in [0, 0.05) is 5.75 Å². The van der Waals surface area contributed by atoms with Crippen molar-refractivity contribution in [1.82, 2.24) is 0 Å². The predicted molar refractivity (Wildman–Crippen MR) is 52.2 cm³/mol. The second-order valence-electron chi connectivity index (χ2n) is 2.69. The zero-order valence-corrected chi connectivity index (χ0v) is 7.69. The van der Waals surface area contributed by atoms with E-state index in [-0.39, 0.29) is 0 Å². The van der Waals surface area contributed by atoms with Crippen LogP contribution in [0, 0.1) is 0 Å². The Balaban J connectivity index is 2.26. The first-order chi connectivity index (χ1) is 5.90. The number of hydrogen-bond acceptors (Lipinski definition) is 2. The quantitative estimate of drug-likeness (QED) is 0.677. The number of thioether (sulfide) groups is 1. The van der Waals surface area contributed by atoms with E-state index in [2.05, 4.69) is 35.3 Å². The minimum Gasteiger partial charge on any atom is -0.462 e. The monoisotopic (exact) mass is 181 g/mol. The Morgan fingerprint density at radius 1 is 1.58 bits per heavy atom.